The standard InChI is InChI=1S/C29H23FN8O2/c30-20-6-4-17(5-7-20)22-2-1-3-24-25(22)35-28(34-24)26-23-13-19(15-32-27(23)37-36-26)18-12-21(16-31-14-18)33-29(39)38-8-10-40-11-9-38/h1-7,12-16H,8-11H2,(H,33,39)(H,34,35)(H,32,36,37). The first-order chi connectivity index (χ1) is 19.6. The van der Waals surface area contributed by atoms with Crippen LogP contribution in [0.25, 0.3) is 55.8 Å². The maximum atomic E-state index is 13.5. The highest BCUT2D eigenvalue weighted by atomic mass is 19.1. The smallest absolute Gasteiger partial charge is 0.322 e. The van der Waals surface area contributed by atoms with Crippen molar-refractivity contribution in [3.05, 3.63) is 79.0 Å². The number of aromatic amines is 2. The van der Waals surface area contributed by atoms with Crippen LogP contribution in [0, 0.1) is 5.82 Å². The number of ether oxygens (including phenoxy) is 1. The van der Waals surface area contributed by atoms with Crippen LogP contribution < -0.4 is 5.32 Å². The predicted molar refractivity (Wildman–Crippen MR) is 149 cm³/mol. The Labute approximate surface area is 227 Å². The molecular formula is C29H23FN8O2. The number of fused-ring (bicyclic) bond motifs is 2. The molecule has 0 radical (unpaired) electrons. The van der Waals surface area contributed by atoms with Crippen molar-refractivity contribution in [3.63, 3.8) is 0 Å². The molecule has 0 saturated carbocycles. The monoisotopic (exact) mass is 534 g/mol. The van der Waals surface area contributed by atoms with E-state index >= 15 is 0 Å². The Bertz CT molecular complexity index is 1860. The largest absolute Gasteiger partial charge is 0.378 e. The summed E-state index contributed by atoms with van der Waals surface area (Å²) in [7, 11) is 0. The van der Waals surface area contributed by atoms with Gasteiger partial charge in [0.2, 0.25) is 0 Å². The molecule has 2 aromatic carbocycles. The Morgan fingerprint density at radius 1 is 0.975 bits per heavy atom. The third-order valence-corrected chi connectivity index (χ3v) is 6.93. The molecule has 0 unspecified atom stereocenters. The summed E-state index contributed by atoms with van der Waals surface area (Å²) >= 11 is 0. The molecule has 40 heavy (non-hydrogen) atoms. The number of benzene rings is 2. The summed E-state index contributed by atoms with van der Waals surface area (Å²) in [5.41, 5.74) is 6.79. The van der Waals surface area contributed by atoms with Gasteiger partial charge >= 0.3 is 6.03 Å². The number of halogens is 1. The number of morpholine rings is 1. The summed E-state index contributed by atoms with van der Waals surface area (Å²) in [6.45, 7) is 2.17. The summed E-state index contributed by atoms with van der Waals surface area (Å²) in [5, 5.41) is 11.2. The molecule has 1 aliphatic heterocycles. The first-order valence-corrected chi connectivity index (χ1v) is 12.8. The van der Waals surface area contributed by atoms with Crippen molar-refractivity contribution in [2.75, 3.05) is 31.6 Å². The number of carbonyl (C=O) groups excluding carboxylic acids is 1. The molecule has 1 fully saturated rings. The van der Waals surface area contributed by atoms with Gasteiger partial charge < -0.3 is 19.9 Å². The molecule has 0 bridgehead atoms. The van der Waals surface area contributed by atoms with Gasteiger partial charge in [-0.25, -0.2) is 19.2 Å². The number of imidazole rings is 1. The van der Waals surface area contributed by atoms with E-state index < -0.39 is 0 Å². The van der Waals surface area contributed by atoms with E-state index in [1.807, 2.05) is 30.3 Å². The van der Waals surface area contributed by atoms with Crippen molar-refractivity contribution >= 4 is 33.8 Å². The van der Waals surface area contributed by atoms with Gasteiger partial charge in [0.15, 0.2) is 11.5 Å². The van der Waals surface area contributed by atoms with Crippen LogP contribution in [0.15, 0.2) is 73.2 Å². The summed E-state index contributed by atoms with van der Waals surface area (Å²) in [6, 6.07) is 15.8. The van der Waals surface area contributed by atoms with Crippen LogP contribution in [0.3, 0.4) is 0 Å². The fourth-order valence-corrected chi connectivity index (χ4v) is 4.88. The Hall–Kier alpha value is -5.16. The number of amides is 2. The molecule has 4 aromatic heterocycles. The van der Waals surface area contributed by atoms with Crippen LogP contribution in [-0.2, 0) is 4.74 Å². The zero-order valence-electron chi connectivity index (χ0n) is 21.2. The highest BCUT2D eigenvalue weighted by Gasteiger charge is 2.18. The van der Waals surface area contributed by atoms with Crippen LogP contribution in [0.5, 0.6) is 0 Å². The van der Waals surface area contributed by atoms with Crippen molar-refractivity contribution < 1.29 is 13.9 Å². The van der Waals surface area contributed by atoms with Crippen LogP contribution in [0.4, 0.5) is 14.9 Å². The van der Waals surface area contributed by atoms with Gasteiger partial charge in [-0.15, -0.1) is 0 Å². The zero-order valence-corrected chi connectivity index (χ0v) is 21.2. The molecule has 1 saturated heterocycles. The third kappa shape index (κ3) is 4.41. The number of hydrogen-bond donors (Lipinski definition) is 3. The number of rotatable bonds is 4. The SMILES string of the molecule is O=C(Nc1cncc(-c2cnc3[nH]nc(-c4nc5c(-c6ccc(F)cc6)cccc5[nH]4)c3c2)c1)N1CCOCC1. The minimum atomic E-state index is -0.287. The molecular weight excluding hydrogens is 511 g/mol. The Balaban J connectivity index is 1.22. The van der Waals surface area contributed by atoms with E-state index in [0.29, 0.717) is 49.2 Å². The number of H-pyrrole nitrogens is 2. The maximum Gasteiger partial charge on any atom is 0.322 e. The molecule has 7 rings (SSSR count). The van der Waals surface area contributed by atoms with E-state index in [-0.39, 0.29) is 11.8 Å². The van der Waals surface area contributed by atoms with E-state index in [1.54, 1.807) is 35.6 Å². The number of pyridine rings is 2. The van der Waals surface area contributed by atoms with Gasteiger partial charge in [0.25, 0.3) is 0 Å². The van der Waals surface area contributed by atoms with E-state index in [2.05, 4.69) is 30.5 Å². The molecule has 0 spiro atoms. The second-order valence-electron chi connectivity index (χ2n) is 9.48. The van der Waals surface area contributed by atoms with Gasteiger partial charge in [-0.3, -0.25) is 10.1 Å². The average Bonchev–Trinajstić information content (AvgIpc) is 3.62. The lowest BCUT2D eigenvalue weighted by molar-refractivity contribution is 0.0564. The van der Waals surface area contributed by atoms with E-state index in [4.69, 9.17) is 9.72 Å². The number of hydrogen-bond acceptors (Lipinski definition) is 6. The summed E-state index contributed by atoms with van der Waals surface area (Å²) in [6.07, 6.45) is 5.08. The third-order valence-electron chi connectivity index (χ3n) is 6.93. The topological polar surface area (TPSA) is 125 Å². The molecule has 11 heteroatoms. The maximum absolute atomic E-state index is 13.5. The molecule has 1 aliphatic rings. The summed E-state index contributed by atoms with van der Waals surface area (Å²) in [5.74, 6) is 0.296. The van der Waals surface area contributed by atoms with E-state index in [9.17, 15) is 9.18 Å². The Morgan fingerprint density at radius 2 is 1.80 bits per heavy atom. The number of para-hydroxylation sites is 1. The number of urea groups is 1. The predicted octanol–water partition coefficient (Wildman–Crippen LogP) is 5.23. The summed E-state index contributed by atoms with van der Waals surface area (Å²) < 4.78 is 18.8. The normalized spacial score (nSPS) is 13.7. The van der Waals surface area contributed by atoms with Crippen LogP contribution in [0.2, 0.25) is 0 Å². The molecule has 3 N–H and O–H groups in total. The van der Waals surface area contributed by atoms with Gasteiger partial charge in [-0.1, -0.05) is 24.3 Å². The van der Waals surface area contributed by atoms with Crippen molar-refractivity contribution in [3.8, 4) is 33.8 Å². The zero-order chi connectivity index (χ0) is 27.1. The molecule has 10 nitrogen and oxygen atoms in total. The minimum absolute atomic E-state index is 0.183. The van der Waals surface area contributed by atoms with Gasteiger partial charge in [0.05, 0.1) is 41.5 Å². The molecule has 2 amide bonds. The molecule has 5 heterocycles. The van der Waals surface area contributed by atoms with E-state index in [0.717, 1.165) is 38.7 Å². The molecule has 198 valence electrons. The first kappa shape index (κ1) is 23.9. The number of anilines is 1. The van der Waals surface area contributed by atoms with Gasteiger partial charge in [-0.2, -0.15) is 5.10 Å². The number of aromatic nitrogens is 6. The lowest BCUT2D eigenvalue weighted by Gasteiger charge is -2.26. The van der Waals surface area contributed by atoms with Crippen LogP contribution in [0.1, 0.15) is 0 Å². The van der Waals surface area contributed by atoms with Crippen molar-refractivity contribution in [1.29, 1.82) is 0 Å². The minimum Gasteiger partial charge on any atom is -0.378 e. The highest BCUT2D eigenvalue weighted by molar-refractivity contribution is 5.97. The fraction of sp³-hybridized carbons (Fsp3) is 0.138. The van der Waals surface area contributed by atoms with Gasteiger partial charge in [0, 0.05) is 42.2 Å². The van der Waals surface area contributed by atoms with E-state index in [1.165, 1.54) is 12.1 Å². The number of nitrogens with one attached hydrogen (secondary N) is 3. The lowest BCUT2D eigenvalue weighted by Crippen LogP contribution is -2.43. The second-order valence-corrected chi connectivity index (χ2v) is 9.48. The quantitative estimate of drug-likeness (QED) is 0.284. The summed E-state index contributed by atoms with van der Waals surface area (Å²) in [4.78, 5) is 31.5. The first-order valence-electron chi connectivity index (χ1n) is 12.8. The lowest BCUT2D eigenvalue weighted by atomic mass is 10.0. The Morgan fingerprint density at radius 3 is 2.65 bits per heavy atom. The Kier molecular flexibility index (Phi) is 5.90. The fourth-order valence-electron chi connectivity index (χ4n) is 4.88. The highest BCUT2D eigenvalue weighted by Crippen LogP contribution is 2.33. The van der Waals surface area contributed by atoms with Crippen LogP contribution >= 0.6 is 0 Å². The number of carbonyl (C=O) groups is 1. The molecule has 0 aliphatic carbocycles. The molecule has 6 aromatic rings. The second kappa shape index (κ2) is 9.86. The molecule has 0 atom stereocenters. The van der Waals surface area contributed by atoms with Crippen LogP contribution in [-0.4, -0.2) is 67.4 Å². The average molecular weight is 535 g/mol. The van der Waals surface area contributed by atoms with Crippen molar-refractivity contribution in [2.24, 2.45) is 0 Å². The van der Waals surface area contributed by atoms with Gasteiger partial charge in [0.1, 0.15) is 11.5 Å². The van der Waals surface area contributed by atoms with Crippen molar-refractivity contribution in [2.45, 2.75) is 0 Å². The number of nitrogens with zero attached hydrogens (tertiary/aromatic N) is 5. The van der Waals surface area contributed by atoms with Gasteiger partial charge in [-0.05, 0) is 35.9 Å². The van der Waals surface area contributed by atoms with Crippen molar-refractivity contribution in [1.82, 2.24) is 35.0 Å².